The van der Waals surface area contributed by atoms with E-state index in [0.29, 0.717) is 18.4 Å². The molecule has 1 aromatic carbocycles. The number of benzene rings is 1. The molecular formula is C19H31Cl2N3OS. The van der Waals surface area contributed by atoms with Crippen molar-refractivity contribution in [2.45, 2.75) is 25.4 Å². The molecule has 1 N–H and O–H groups in total. The zero-order valence-corrected chi connectivity index (χ0v) is 17.9. The van der Waals surface area contributed by atoms with Gasteiger partial charge in [-0.2, -0.15) is 11.8 Å². The van der Waals surface area contributed by atoms with E-state index >= 15 is 0 Å². The lowest BCUT2D eigenvalue weighted by Gasteiger charge is -2.26. The summed E-state index contributed by atoms with van der Waals surface area (Å²) in [6, 6.07) is 11.0. The number of carbonyl (C=O) groups excluding carboxylic acids is 1. The molecule has 2 aliphatic rings. The second-order valence-corrected chi connectivity index (χ2v) is 8.23. The largest absolute Gasteiger partial charge is 0.345 e. The first-order valence-corrected chi connectivity index (χ1v) is 10.2. The third-order valence-corrected chi connectivity index (χ3v) is 6.13. The number of nitrogens with zero attached hydrogens (tertiary/aromatic N) is 2. The molecule has 1 aromatic rings. The number of carbonyl (C=O) groups is 1. The minimum Gasteiger partial charge on any atom is -0.345 e. The van der Waals surface area contributed by atoms with E-state index in [0.717, 1.165) is 38.5 Å². The first-order valence-electron chi connectivity index (χ1n) is 9.02. The van der Waals surface area contributed by atoms with Gasteiger partial charge in [0.05, 0.1) is 0 Å². The number of amides is 1. The van der Waals surface area contributed by atoms with Gasteiger partial charge in [0, 0.05) is 57.2 Å². The normalized spacial score (nSPS) is 23.0. The van der Waals surface area contributed by atoms with E-state index < -0.39 is 0 Å². The second kappa shape index (κ2) is 12.1. The van der Waals surface area contributed by atoms with Gasteiger partial charge in [0.1, 0.15) is 0 Å². The fraction of sp³-hybridized carbons (Fsp3) is 0.632. The van der Waals surface area contributed by atoms with Crippen molar-refractivity contribution >= 4 is 42.5 Å². The molecule has 0 spiro atoms. The number of thioether (sulfide) groups is 1. The van der Waals surface area contributed by atoms with Crippen LogP contribution in [0.25, 0.3) is 0 Å². The molecule has 7 heteroatoms. The van der Waals surface area contributed by atoms with Crippen LogP contribution in [0.15, 0.2) is 30.3 Å². The van der Waals surface area contributed by atoms with Crippen LogP contribution >= 0.6 is 36.6 Å². The Kier molecular flexibility index (Phi) is 11.0. The third-order valence-electron chi connectivity index (χ3n) is 5.00. The molecule has 0 bridgehead atoms. The molecule has 2 atom stereocenters. The summed E-state index contributed by atoms with van der Waals surface area (Å²) >= 11 is 1.95. The maximum Gasteiger partial charge on any atom is 0.223 e. The zero-order valence-electron chi connectivity index (χ0n) is 15.4. The van der Waals surface area contributed by atoms with Gasteiger partial charge in [0.15, 0.2) is 0 Å². The van der Waals surface area contributed by atoms with Gasteiger partial charge in [-0.3, -0.25) is 9.69 Å². The quantitative estimate of drug-likeness (QED) is 0.768. The molecule has 0 saturated carbocycles. The van der Waals surface area contributed by atoms with E-state index in [1.54, 1.807) is 0 Å². The molecule has 2 aliphatic heterocycles. The van der Waals surface area contributed by atoms with E-state index in [1.165, 1.54) is 17.7 Å². The van der Waals surface area contributed by atoms with Gasteiger partial charge in [-0.05, 0) is 24.4 Å². The van der Waals surface area contributed by atoms with Crippen molar-refractivity contribution in [1.29, 1.82) is 0 Å². The van der Waals surface area contributed by atoms with E-state index in [4.69, 9.17) is 0 Å². The molecule has 0 radical (unpaired) electrons. The Hall–Kier alpha value is -0.460. The van der Waals surface area contributed by atoms with Gasteiger partial charge in [-0.25, -0.2) is 0 Å². The number of halogens is 2. The van der Waals surface area contributed by atoms with Gasteiger partial charge in [0.25, 0.3) is 0 Å². The van der Waals surface area contributed by atoms with Crippen molar-refractivity contribution in [3.8, 4) is 0 Å². The highest BCUT2D eigenvalue weighted by Gasteiger charge is 2.26. The smallest absolute Gasteiger partial charge is 0.223 e. The number of rotatable bonds is 6. The summed E-state index contributed by atoms with van der Waals surface area (Å²) in [5.41, 5.74) is 1.38. The monoisotopic (exact) mass is 419 g/mol. The molecule has 2 heterocycles. The molecule has 0 aromatic heterocycles. The number of hydrogen-bond donors (Lipinski definition) is 1. The summed E-state index contributed by atoms with van der Waals surface area (Å²) in [5, 5.41) is 3.46. The first-order chi connectivity index (χ1) is 11.7. The lowest BCUT2D eigenvalue weighted by molar-refractivity contribution is -0.130. The SMILES string of the molecule is CN(CC1CCN(Cc2ccccc2)C1)C(=O)CC1CSCCN1.Cl.Cl. The highest BCUT2D eigenvalue weighted by molar-refractivity contribution is 7.99. The predicted molar refractivity (Wildman–Crippen MR) is 116 cm³/mol. The average Bonchev–Trinajstić information content (AvgIpc) is 3.03. The summed E-state index contributed by atoms with van der Waals surface area (Å²) in [7, 11) is 1.97. The van der Waals surface area contributed by atoms with Gasteiger partial charge < -0.3 is 10.2 Å². The van der Waals surface area contributed by atoms with E-state index in [9.17, 15) is 4.79 Å². The Bertz CT molecular complexity index is 529. The molecule has 1 amide bonds. The van der Waals surface area contributed by atoms with Gasteiger partial charge >= 0.3 is 0 Å². The highest BCUT2D eigenvalue weighted by Crippen LogP contribution is 2.20. The van der Waals surface area contributed by atoms with E-state index in [-0.39, 0.29) is 30.7 Å². The van der Waals surface area contributed by atoms with Crippen molar-refractivity contribution in [2.75, 3.05) is 44.7 Å². The Morgan fingerprint density at radius 1 is 1.31 bits per heavy atom. The van der Waals surface area contributed by atoms with Crippen molar-refractivity contribution < 1.29 is 4.79 Å². The topological polar surface area (TPSA) is 35.6 Å². The molecule has 148 valence electrons. The van der Waals surface area contributed by atoms with Crippen molar-refractivity contribution in [1.82, 2.24) is 15.1 Å². The van der Waals surface area contributed by atoms with Crippen LogP contribution in [-0.2, 0) is 11.3 Å². The molecule has 0 aliphatic carbocycles. The number of likely N-dealkylation sites (tertiary alicyclic amines) is 1. The fourth-order valence-corrected chi connectivity index (χ4v) is 4.60. The van der Waals surface area contributed by atoms with Crippen LogP contribution in [0.4, 0.5) is 0 Å². The summed E-state index contributed by atoms with van der Waals surface area (Å²) in [6.45, 7) is 5.19. The van der Waals surface area contributed by atoms with Crippen LogP contribution in [0.1, 0.15) is 18.4 Å². The Morgan fingerprint density at radius 2 is 2.08 bits per heavy atom. The van der Waals surface area contributed by atoms with Crippen molar-refractivity contribution in [3.63, 3.8) is 0 Å². The van der Waals surface area contributed by atoms with E-state index in [1.807, 2.05) is 23.7 Å². The Morgan fingerprint density at radius 3 is 2.77 bits per heavy atom. The van der Waals surface area contributed by atoms with Gasteiger partial charge in [-0.15, -0.1) is 24.8 Å². The first kappa shape index (κ1) is 23.6. The average molecular weight is 420 g/mol. The maximum absolute atomic E-state index is 12.4. The molecule has 26 heavy (non-hydrogen) atoms. The minimum atomic E-state index is 0. The van der Waals surface area contributed by atoms with Crippen LogP contribution in [-0.4, -0.2) is 66.5 Å². The fourth-order valence-electron chi connectivity index (χ4n) is 3.65. The van der Waals surface area contributed by atoms with Gasteiger partial charge in [0.2, 0.25) is 5.91 Å². The summed E-state index contributed by atoms with van der Waals surface area (Å²) < 4.78 is 0. The molecule has 2 unspecified atom stereocenters. The number of hydrogen-bond acceptors (Lipinski definition) is 4. The predicted octanol–water partition coefficient (Wildman–Crippen LogP) is 2.91. The molecule has 4 nitrogen and oxygen atoms in total. The molecule has 3 rings (SSSR count). The van der Waals surface area contributed by atoms with Crippen LogP contribution in [0.3, 0.4) is 0 Å². The highest BCUT2D eigenvalue weighted by atomic mass is 35.5. The Labute approximate surface area is 174 Å². The molecule has 2 saturated heterocycles. The van der Waals surface area contributed by atoms with Crippen molar-refractivity contribution in [2.24, 2.45) is 5.92 Å². The third kappa shape index (κ3) is 7.28. The summed E-state index contributed by atoms with van der Waals surface area (Å²) in [6.07, 6.45) is 1.84. The summed E-state index contributed by atoms with van der Waals surface area (Å²) in [5.74, 6) is 3.13. The Balaban J connectivity index is 0.00000169. The standard InChI is InChI=1S/C19H29N3OS.2ClH/c1-21(19(23)11-18-15-24-10-8-20-18)12-17-7-9-22(14-17)13-16-5-3-2-4-6-16;;/h2-6,17-18,20H,7-15H2,1H3;2*1H. The zero-order chi connectivity index (χ0) is 16.8. The molecule has 2 fully saturated rings. The van der Waals surface area contributed by atoms with E-state index in [2.05, 4.69) is 40.5 Å². The van der Waals surface area contributed by atoms with Crippen LogP contribution in [0.2, 0.25) is 0 Å². The lowest BCUT2D eigenvalue weighted by atomic mass is 10.1. The maximum atomic E-state index is 12.4. The van der Waals surface area contributed by atoms with Crippen molar-refractivity contribution in [3.05, 3.63) is 35.9 Å². The van der Waals surface area contributed by atoms with Gasteiger partial charge in [-0.1, -0.05) is 30.3 Å². The lowest BCUT2D eigenvalue weighted by Crippen LogP contribution is -2.42. The van der Waals surface area contributed by atoms with Crippen LogP contribution < -0.4 is 5.32 Å². The second-order valence-electron chi connectivity index (χ2n) is 7.08. The van der Waals surface area contributed by atoms with Crippen LogP contribution in [0, 0.1) is 5.92 Å². The molecular weight excluding hydrogens is 389 g/mol. The summed E-state index contributed by atoms with van der Waals surface area (Å²) in [4.78, 5) is 16.9. The minimum absolute atomic E-state index is 0. The number of nitrogens with one attached hydrogen (secondary N) is 1. The van der Waals surface area contributed by atoms with Crippen LogP contribution in [0.5, 0.6) is 0 Å².